The third kappa shape index (κ3) is 7.65. The highest BCUT2D eigenvalue weighted by molar-refractivity contribution is 7.99. The summed E-state index contributed by atoms with van der Waals surface area (Å²) >= 11 is 1.28. The van der Waals surface area contributed by atoms with Crippen LogP contribution in [-0.4, -0.2) is 38.2 Å². The molecule has 11 heteroatoms. The molecule has 1 aromatic heterocycles. The first kappa shape index (κ1) is 25.9. The molecule has 0 spiro atoms. The van der Waals surface area contributed by atoms with Gasteiger partial charge in [0.15, 0.2) is 0 Å². The third-order valence-electron chi connectivity index (χ3n) is 4.82. The van der Waals surface area contributed by atoms with Crippen LogP contribution in [0.3, 0.4) is 0 Å². The van der Waals surface area contributed by atoms with E-state index in [1.54, 1.807) is 18.2 Å². The van der Waals surface area contributed by atoms with Gasteiger partial charge in [-0.1, -0.05) is 48.5 Å². The van der Waals surface area contributed by atoms with Crippen LogP contribution in [0.1, 0.15) is 15.9 Å². The van der Waals surface area contributed by atoms with Crippen molar-refractivity contribution in [3.05, 3.63) is 105 Å². The molecule has 0 fully saturated rings. The molecule has 0 aliphatic rings. The average molecular weight is 505 g/mol. The van der Waals surface area contributed by atoms with Gasteiger partial charge < -0.3 is 9.63 Å². The normalized spacial score (nSPS) is 12.9. The number of nitrogens with zero attached hydrogens (tertiary/aromatic N) is 2. The first-order valence-electron chi connectivity index (χ1n) is 10.4. The lowest BCUT2D eigenvalue weighted by atomic mass is 10.2. The van der Waals surface area contributed by atoms with E-state index in [0.29, 0.717) is 16.9 Å². The summed E-state index contributed by atoms with van der Waals surface area (Å²) in [7, 11) is -3.03. The molecule has 1 heterocycles. The minimum Gasteiger partial charge on any atom is -0.376 e. The van der Waals surface area contributed by atoms with Gasteiger partial charge in [-0.25, -0.2) is 4.79 Å². The van der Waals surface area contributed by atoms with Crippen LogP contribution in [0.15, 0.2) is 82.5 Å². The number of thioether (sulfide) groups is 1. The molecule has 0 amide bonds. The van der Waals surface area contributed by atoms with Crippen LogP contribution in [0.2, 0.25) is 0 Å². The summed E-state index contributed by atoms with van der Waals surface area (Å²) in [4.78, 5) is 47.0. The zero-order chi connectivity index (χ0) is 24.3. The fraction of sp³-hybridized carbons (Fsp3) is 0.261. The fourth-order valence-corrected chi connectivity index (χ4v) is 4.57. The third-order valence-corrected chi connectivity index (χ3v) is 6.41. The Kier molecular flexibility index (Phi) is 10.1. The lowest BCUT2D eigenvalue weighted by Crippen LogP contribution is -2.44. The molecular weight excluding hydrogens is 479 g/mol. The van der Waals surface area contributed by atoms with Crippen molar-refractivity contribution in [2.75, 3.05) is 18.3 Å². The van der Waals surface area contributed by atoms with Gasteiger partial charge in [0.1, 0.15) is 5.94 Å². The van der Waals surface area contributed by atoms with Crippen LogP contribution in [0, 0.1) is 5.92 Å². The number of hydrogen-bond donors (Lipinski definition) is 1. The Bertz CT molecular complexity index is 1220. The Morgan fingerprint density at radius 2 is 1.71 bits per heavy atom. The molecule has 180 valence electrons. The first-order chi connectivity index (χ1) is 16.5. The Morgan fingerprint density at radius 3 is 2.38 bits per heavy atom. The fourth-order valence-electron chi connectivity index (χ4n) is 3.21. The van der Waals surface area contributed by atoms with E-state index < -0.39 is 25.4 Å². The number of carbonyl (C=O) groups excluding carboxylic acids is 1. The molecule has 1 N–H and O–H groups in total. The quantitative estimate of drug-likeness (QED) is 0.227. The van der Waals surface area contributed by atoms with Crippen LogP contribution in [-0.2, 0) is 27.0 Å². The van der Waals surface area contributed by atoms with E-state index in [9.17, 15) is 18.9 Å². The van der Waals surface area contributed by atoms with E-state index >= 15 is 0 Å². The summed E-state index contributed by atoms with van der Waals surface area (Å²) < 4.78 is 23.2. The van der Waals surface area contributed by atoms with E-state index in [1.807, 2.05) is 30.3 Å². The standard InChI is InChI=1S/C23H25N2O7PS/c26-21-11-12-24(23(28)25(21)22(27)20-9-5-2-6-10-20)13-19(16-34-17-32-33(29)30)15-31-14-18-7-3-1-4-8-18/h1-12,19,33H,13-17H2,(H,29,30). The van der Waals surface area contributed by atoms with Gasteiger partial charge in [0.05, 0.1) is 13.2 Å². The summed E-state index contributed by atoms with van der Waals surface area (Å²) in [6.45, 7) is 0.843. The molecule has 34 heavy (non-hydrogen) atoms. The average Bonchev–Trinajstić information content (AvgIpc) is 2.84. The van der Waals surface area contributed by atoms with Crippen molar-refractivity contribution in [2.24, 2.45) is 5.92 Å². The van der Waals surface area contributed by atoms with Gasteiger partial charge in [-0.2, -0.15) is 4.57 Å². The number of benzene rings is 2. The topological polar surface area (TPSA) is 117 Å². The van der Waals surface area contributed by atoms with Gasteiger partial charge in [-0.3, -0.25) is 23.2 Å². The molecule has 0 bridgehead atoms. The smallest absolute Gasteiger partial charge is 0.338 e. The lowest BCUT2D eigenvalue weighted by molar-refractivity contribution is 0.0870. The van der Waals surface area contributed by atoms with Gasteiger partial charge >= 0.3 is 13.9 Å². The number of rotatable bonds is 12. The van der Waals surface area contributed by atoms with Gasteiger partial charge in [0.25, 0.3) is 11.5 Å². The zero-order valence-corrected chi connectivity index (χ0v) is 20.1. The molecule has 3 aromatic rings. The Hall–Kier alpha value is -2.75. The predicted molar refractivity (Wildman–Crippen MR) is 130 cm³/mol. The molecule has 0 saturated carbocycles. The summed E-state index contributed by atoms with van der Waals surface area (Å²) in [5, 5.41) is 0. The van der Waals surface area contributed by atoms with Crippen molar-refractivity contribution >= 4 is 25.9 Å². The highest BCUT2D eigenvalue weighted by atomic mass is 32.2. The molecule has 2 atom stereocenters. The predicted octanol–water partition coefficient (Wildman–Crippen LogP) is 2.62. The molecule has 0 aliphatic carbocycles. The highest BCUT2D eigenvalue weighted by Crippen LogP contribution is 2.20. The molecule has 0 radical (unpaired) electrons. The van der Waals surface area contributed by atoms with Crippen molar-refractivity contribution in [1.29, 1.82) is 0 Å². The maximum absolute atomic E-state index is 13.0. The SMILES string of the molecule is O=C(c1ccccc1)n1c(=O)ccn(CC(COCc2ccccc2)CSCO[PH](=O)O)c1=O. The van der Waals surface area contributed by atoms with Crippen LogP contribution in [0.25, 0.3) is 0 Å². The first-order valence-corrected chi connectivity index (χ1v) is 12.8. The summed E-state index contributed by atoms with van der Waals surface area (Å²) in [5.41, 5.74) is -0.219. The van der Waals surface area contributed by atoms with Crippen LogP contribution in [0.5, 0.6) is 0 Å². The maximum Gasteiger partial charge on any atom is 0.338 e. The number of hydrogen-bond acceptors (Lipinski definition) is 7. The summed E-state index contributed by atoms with van der Waals surface area (Å²) in [6, 6.07) is 18.9. The van der Waals surface area contributed by atoms with E-state index in [2.05, 4.69) is 0 Å². The highest BCUT2D eigenvalue weighted by Gasteiger charge is 2.18. The molecule has 9 nitrogen and oxygen atoms in total. The number of ether oxygens (including phenoxy) is 1. The van der Waals surface area contributed by atoms with Gasteiger partial charge in [0, 0.05) is 36.0 Å². The Balaban J connectivity index is 1.75. The van der Waals surface area contributed by atoms with Gasteiger partial charge in [-0.15, -0.1) is 11.8 Å². The minimum atomic E-state index is -3.03. The molecule has 0 saturated heterocycles. The van der Waals surface area contributed by atoms with Crippen molar-refractivity contribution in [2.45, 2.75) is 13.2 Å². The number of carbonyl (C=O) groups is 1. The van der Waals surface area contributed by atoms with Crippen LogP contribution in [0.4, 0.5) is 0 Å². The summed E-state index contributed by atoms with van der Waals surface area (Å²) in [5.74, 6) is -0.418. The van der Waals surface area contributed by atoms with Gasteiger partial charge in [0.2, 0.25) is 0 Å². The number of aromatic nitrogens is 2. The van der Waals surface area contributed by atoms with Gasteiger partial charge in [-0.05, 0) is 17.7 Å². The minimum absolute atomic E-state index is 0.0182. The van der Waals surface area contributed by atoms with E-state index in [-0.39, 0.29) is 30.6 Å². The molecular formula is C23H25N2O7PS. The molecule has 0 aliphatic heterocycles. The Morgan fingerprint density at radius 1 is 1.03 bits per heavy atom. The zero-order valence-electron chi connectivity index (χ0n) is 18.2. The second-order valence-corrected chi connectivity index (χ2v) is 9.16. The molecule has 3 rings (SSSR count). The second kappa shape index (κ2) is 13.2. The van der Waals surface area contributed by atoms with Crippen molar-refractivity contribution in [3.63, 3.8) is 0 Å². The van der Waals surface area contributed by atoms with Crippen molar-refractivity contribution in [1.82, 2.24) is 9.13 Å². The monoisotopic (exact) mass is 504 g/mol. The van der Waals surface area contributed by atoms with Crippen molar-refractivity contribution < 1.29 is 23.5 Å². The molecule has 2 unspecified atom stereocenters. The largest absolute Gasteiger partial charge is 0.376 e. The van der Waals surface area contributed by atoms with Crippen LogP contribution >= 0.6 is 20.0 Å². The van der Waals surface area contributed by atoms with E-state index in [1.165, 1.54) is 40.7 Å². The van der Waals surface area contributed by atoms with E-state index in [4.69, 9.17) is 14.2 Å². The lowest BCUT2D eigenvalue weighted by Gasteiger charge is -2.19. The van der Waals surface area contributed by atoms with Crippen LogP contribution < -0.4 is 11.2 Å². The second-order valence-electron chi connectivity index (χ2n) is 7.36. The van der Waals surface area contributed by atoms with Crippen molar-refractivity contribution in [3.8, 4) is 0 Å². The maximum atomic E-state index is 13.0. The summed E-state index contributed by atoms with van der Waals surface area (Å²) in [6.07, 6.45) is 1.36. The van der Waals surface area contributed by atoms with E-state index in [0.717, 1.165) is 5.56 Å². The Labute approximate surface area is 200 Å². The molecule has 2 aromatic carbocycles.